The highest BCUT2D eigenvalue weighted by atomic mass is 35.5. The predicted molar refractivity (Wildman–Crippen MR) is 94.0 cm³/mol. The maximum atomic E-state index is 12.3. The number of thioether (sulfide) groups is 1. The Morgan fingerprint density at radius 1 is 1.46 bits per heavy atom. The van der Waals surface area contributed by atoms with Crippen LogP contribution in [-0.2, 0) is 17.1 Å². The molecule has 24 heavy (non-hydrogen) atoms. The van der Waals surface area contributed by atoms with E-state index in [1.807, 2.05) is 11.4 Å². The molecular weight excluding hydrogens is 370 g/mol. The standard InChI is InChI=1S/C15H16ClN3O3S2/c16-11-5-9(7-23-11)8-24-15-17-14(22)13(10-3-1-2-4-10)18-19(15)6-12(20)21/h5,7,10H,1-4,6,8H2,(H,20,21). The molecule has 0 spiro atoms. The smallest absolute Gasteiger partial charge is 0.325 e. The molecule has 0 atom stereocenters. The van der Waals surface area contributed by atoms with Gasteiger partial charge in [-0.15, -0.1) is 11.3 Å². The van der Waals surface area contributed by atoms with Gasteiger partial charge in [0.05, 0.1) is 4.34 Å². The van der Waals surface area contributed by atoms with Crippen LogP contribution in [0.3, 0.4) is 0 Å². The lowest BCUT2D eigenvalue weighted by atomic mass is 10.1. The van der Waals surface area contributed by atoms with Gasteiger partial charge in [-0.05, 0) is 29.9 Å². The fraction of sp³-hybridized carbons (Fsp3) is 0.467. The topological polar surface area (TPSA) is 85.1 Å². The van der Waals surface area contributed by atoms with Gasteiger partial charge in [-0.2, -0.15) is 10.1 Å². The van der Waals surface area contributed by atoms with Gasteiger partial charge in [-0.1, -0.05) is 36.2 Å². The molecule has 0 unspecified atom stereocenters. The number of carboxylic acid groups (broad SMARTS) is 1. The summed E-state index contributed by atoms with van der Waals surface area (Å²) in [5.74, 6) is -0.356. The van der Waals surface area contributed by atoms with Crippen LogP contribution in [0.25, 0.3) is 0 Å². The predicted octanol–water partition coefficient (Wildman–Crippen LogP) is 3.39. The van der Waals surface area contributed by atoms with E-state index in [9.17, 15) is 9.59 Å². The Bertz CT molecular complexity index is 800. The molecule has 9 heteroatoms. The second-order valence-corrected chi connectivity index (χ2v) is 8.15. The van der Waals surface area contributed by atoms with Crippen molar-refractivity contribution in [2.75, 3.05) is 0 Å². The molecule has 0 amide bonds. The molecule has 128 valence electrons. The highest BCUT2D eigenvalue weighted by Crippen LogP contribution is 2.32. The number of hydrogen-bond donors (Lipinski definition) is 1. The van der Waals surface area contributed by atoms with Crippen molar-refractivity contribution in [3.63, 3.8) is 0 Å². The Labute approximate surface area is 151 Å². The first-order valence-corrected chi connectivity index (χ1v) is 9.84. The van der Waals surface area contributed by atoms with Crippen LogP contribution in [0.4, 0.5) is 0 Å². The summed E-state index contributed by atoms with van der Waals surface area (Å²) >= 11 is 8.63. The third kappa shape index (κ3) is 4.17. The number of aliphatic carboxylic acids is 1. The first-order chi connectivity index (χ1) is 11.5. The Balaban J connectivity index is 1.87. The zero-order chi connectivity index (χ0) is 17.1. The SMILES string of the molecule is O=C(O)Cn1nc(C2CCCC2)c(=O)nc1SCc1csc(Cl)c1. The summed E-state index contributed by atoms with van der Waals surface area (Å²) in [6, 6.07) is 1.85. The molecule has 0 aliphatic heterocycles. The van der Waals surface area contributed by atoms with Gasteiger partial charge in [0.2, 0.25) is 0 Å². The minimum atomic E-state index is -1.01. The van der Waals surface area contributed by atoms with E-state index in [-0.39, 0.29) is 18.0 Å². The van der Waals surface area contributed by atoms with Crippen molar-refractivity contribution < 1.29 is 9.90 Å². The Morgan fingerprint density at radius 2 is 2.21 bits per heavy atom. The average Bonchev–Trinajstić information content (AvgIpc) is 3.18. The van der Waals surface area contributed by atoms with Crippen LogP contribution in [0.15, 0.2) is 21.4 Å². The van der Waals surface area contributed by atoms with E-state index in [2.05, 4.69) is 10.1 Å². The highest BCUT2D eigenvalue weighted by Gasteiger charge is 2.24. The van der Waals surface area contributed by atoms with E-state index in [4.69, 9.17) is 16.7 Å². The summed E-state index contributed by atoms with van der Waals surface area (Å²) in [6.45, 7) is -0.306. The van der Waals surface area contributed by atoms with Crippen LogP contribution in [0, 0.1) is 0 Å². The number of carboxylic acids is 1. The third-order valence-corrected chi connectivity index (χ3v) is 6.06. The lowest BCUT2D eigenvalue weighted by molar-refractivity contribution is -0.138. The zero-order valence-corrected chi connectivity index (χ0v) is 15.2. The van der Waals surface area contributed by atoms with Crippen molar-refractivity contribution in [2.45, 2.75) is 49.1 Å². The van der Waals surface area contributed by atoms with Crippen LogP contribution in [0.1, 0.15) is 42.9 Å². The zero-order valence-electron chi connectivity index (χ0n) is 12.8. The van der Waals surface area contributed by atoms with Gasteiger partial charge in [-0.25, -0.2) is 4.68 Å². The fourth-order valence-corrected chi connectivity index (χ4v) is 4.66. The minimum absolute atomic E-state index is 0.0970. The normalized spacial score (nSPS) is 15.0. The quantitative estimate of drug-likeness (QED) is 0.767. The van der Waals surface area contributed by atoms with Gasteiger partial charge >= 0.3 is 5.97 Å². The van der Waals surface area contributed by atoms with Gasteiger partial charge in [-0.3, -0.25) is 9.59 Å². The molecule has 1 aliphatic carbocycles. The molecule has 0 bridgehead atoms. The van der Waals surface area contributed by atoms with Crippen LogP contribution >= 0.6 is 34.7 Å². The first kappa shape index (κ1) is 17.4. The van der Waals surface area contributed by atoms with Crippen molar-refractivity contribution >= 4 is 40.7 Å². The molecule has 1 N–H and O–H groups in total. The molecule has 0 saturated heterocycles. The van der Waals surface area contributed by atoms with E-state index in [0.29, 0.717) is 20.9 Å². The molecule has 0 radical (unpaired) electrons. The summed E-state index contributed by atoms with van der Waals surface area (Å²) in [4.78, 5) is 27.5. The molecule has 2 heterocycles. The molecule has 2 aromatic heterocycles. The maximum absolute atomic E-state index is 12.3. The number of carbonyl (C=O) groups is 1. The van der Waals surface area contributed by atoms with Crippen LogP contribution in [-0.4, -0.2) is 25.8 Å². The highest BCUT2D eigenvalue weighted by molar-refractivity contribution is 7.98. The number of hydrogen-bond acceptors (Lipinski definition) is 6. The molecule has 1 fully saturated rings. The van der Waals surface area contributed by atoms with Crippen molar-refractivity contribution in [1.29, 1.82) is 0 Å². The second-order valence-electron chi connectivity index (χ2n) is 5.67. The first-order valence-electron chi connectivity index (χ1n) is 7.59. The van der Waals surface area contributed by atoms with Gasteiger partial charge in [0.25, 0.3) is 5.56 Å². The van der Waals surface area contributed by atoms with Gasteiger partial charge in [0.1, 0.15) is 12.2 Å². The van der Waals surface area contributed by atoms with Crippen LogP contribution in [0.2, 0.25) is 4.34 Å². The molecule has 6 nitrogen and oxygen atoms in total. The molecule has 1 aliphatic rings. The van der Waals surface area contributed by atoms with E-state index >= 15 is 0 Å². The van der Waals surface area contributed by atoms with Crippen molar-refractivity contribution in [3.05, 3.63) is 37.4 Å². The van der Waals surface area contributed by atoms with Gasteiger partial charge in [0, 0.05) is 11.7 Å². The van der Waals surface area contributed by atoms with E-state index in [1.54, 1.807) is 0 Å². The third-order valence-electron chi connectivity index (χ3n) is 3.88. The number of nitrogens with zero attached hydrogens (tertiary/aromatic N) is 3. The van der Waals surface area contributed by atoms with Crippen molar-refractivity contribution in [2.24, 2.45) is 0 Å². The Hall–Kier alpha value is -1.38. The monoisotopic (exact) mass is 385 g/mol. The summed E-state index contributed by atoms with van der Waals surface area (Å²) in [5, 5.41) is 15.7. The Morgan fingerprint density at radius 3 is 2.83 bits per heavy atom. The lowest BCUT2D eigenvalue weighted by Gasteiger charge is -2.13. The molecule has 1 saturated carbocycles. The van der Waals surface area contributed by atoms with Gasteiger partial charge in [0.15, 0.2) is 5.16 Å². The number of halogens is 1. The Kier molecular flexibility index (Phi) is 5.57. The minimum Gasteiger partial charge on any atom is -0.480 e. The number of thiophene rings is 1. The van der Waals surface area contributed by atoms with Crippen LogP contribution < -0.4 is 5.56 Å². The van der Waals surface area contributed by atoms with E-state index in [1.165, 1.54) is 27.8 Å². The summed E-state index contributed by atoms with van der Waals surface area (Å²) in [5.41, 5.74) is 1.07. The molecule has 0 aromatic carbocycles. The second kappa shape index (κ2) is 7.67. The molecule has 2 aromatic rings. The lowest BCUT2D eigenvalue weighted by Crippen LogP contribution is -2.26. The number of aromatic nitrogens is 3. The summed E-state index contributed by atoms with van der Waals surface area (Å²) in [6.07, 6.45) is 3.97. The average molecular weight is 386 g/mol. The van der Waals surface area contributed by atoms with Crippen molar-refractivity contribution in [3.8, 4) is 0 Å². The molecule has 3 rings (SSSR count). The number of rotatable bonds is 6. The summed E-state index contributed by atoms with van der Waals surface area (Å²) < 4.78 is 2.02. The van der Waals surface area contributed by atoms with E-state index < -0.39 is 5.97 Å². The van der Waals surface area contributed by atoms with Crippen molar-refractivity contribution in [1.82, 2.24) is 14.8 Å². The van der Waals surface area contributed by atoms with E-state index in [0.717, 1.165) is 31.2 Å². The summed E-state index contributed by atoms with van der Waals surface area (Å²) in [7, 11) is 0. The fourth-order valence-electron chi connectivity index (χ4n) is 2.78. The van der Waals surface area contributed by atoms with Crippen LogP contribution in [0.5, 0.6) is 0 Å². The largest absolute Gasteiger partial charge is 0.480 e. The van der Waals surface area contributed by atoms with Gasteiger partial charge < -0.3 is 5.11 Å². The maximum Gasteiger partial charge on any atom is 0.325 e. The molecular formula is C15H16ClN3O3S2.